The number of rotatable bonds is 3. The van der Waals surface area contributed by atoms with Crippen LogP contribution < -0.4 is 9.64 Å². The quantitative estimate of drug-likeness (QED) is 0.803. The third kappa shape index (κ3) is 3.85. The van der Waals surface area contributed by atoms with Crippen LogP contribution in [0.25, 0.3) is 0 Å². The predicted molar refractivity (Wildman–Crippen MR) is 110 cm³/mol. The van der Waals surface area contributed by atoms with Gasteiger partial charge in [-0.15, -0.1) is 0 Å². The van der Waals surface area contributed by atoms with Crippen LogP contribution in [0.1, 0.15) is 29.6 Å². The van der Waals surface area contributed by atoms with E-state index in [9.17, 15) is 9.59 Å². The van der Waals surface area contributed by atoms with Gasteiger partial charge in [-0.25, -0.2) is 0 Å². The van der Waals surface area contributed by atoms with Crippen LogP contribution in [0.5, 0.6) is 5.75 Å². The Morgan fingerprint density at radius 3 is 2.69 bits per heavy atom. The first-order valence-electron chi connectivity index (χ1n) is 10.1. The molecule has 2 heterocycles. The maximum Gasteiger partial charge on any atom is 0.261 e. The lowest BCUT2D eigenvalue weighted by atomic mass is 9.93. The zero-order valence-corrected chi connectivity index (χ0v) is 16.7. The van der Waals surface area contributed by atoms with Gasteiger partial charge in [-0.05, 0) is 49.6 Å². The minimum atomic E-state index is -0.987. The van der Waals surface area contributed by atoms with Gasteiger partial charge in [-0.2, -0.15) is 0 Å². The molecule has 0 N–H and O–H groups in total. The second kappa shape index (κ2) is 8.25. The Morgan fingerprint density at radius 2 is 1.90 bits per heavy atom. The number of benzene rings is 2. The van der Waals surface area contributed by atoms with Crippen molar-refractivity contribution < 1.29 is 19.1 Å². The van der Waals surface area contributed by atoms with E-state index in [1.807, 2.05) is 41.3 Å². The summed E-state index contributed by atoms with van der Waals surface area (Å²) in [6, 6.07) is 16.8. The van der Waals surface area contributed by atoms with Crippen molar-refractivity contribution in [2.45, 2.75) is 24.9 Å². The van der Waals surface area contributed by atoms with Gasteiger partial charge in [0.05, 0.1) is 20.3 Å². The number of ether oxygens (including phenoxy) is 2. The minimum absolute atomic E-state index is 0.0515. The van der Waals surface area contributed by atoms with Crippen LogP contribution in [0.3, 0.4) is 0 Å². The summed E-state index contributed by atoms with van der Waals surface area (Å²) >= 11 is 0. The molecule has 1 unspecified atom stereocenters. The smallest absolute Gasteiger partial charge is 0.261 e. The molecule has 6 nitrogen and oxygen atoms in total. The molecule has 1 spiro atoms. The molecule has 2 amide bonds. The van der Waals surface area contributed by atoms with Gasteiger partial charge in [0.2, 0.25) is 0 Å². The molecule has 0 aromatic heterocycles. The normalized spacial score (nSPS) is 22.4. The Bertz CT molecular complexity index is 885. The molecule has 2 aromatic carbocycles. The predicted octanol–water partition coefficient (Wildman–Crippen LogP) is 3.12. The van der Waals surface area contributed by atoms with E-state index in [-0.39, 0.29) is 18.4 Å². The fourth-order valence-electron chi connectivity index (χ4n) is 4.17. The number of carbonyl (C=O) groups is 2. The van der Waals surface area contributed by atoms with Crippen LogP contribution in [-0.4, -0.2) is 55.7 Å². The average molecular weight is 394 g/mol. The van der Waals surface area contributed by atoms with Crippen molar-refractivity contribution in [1.29, 1.82) is 0 Å². The van der Waals surface area contributed by atoms with Gasteiger partial charge in [-0.3, -0.25) is 9.59 Å². The zero-order valence-electron chi connectivity index (χ0n) is 16.7. The second-order valence-electron chi connectivity index (χ2n) is 7.55. The van der Waals surface area contributed by atoms with Crippen molar-refractivity contribution >= 4 is 17.5 Å². The van der Waals surface area contributed by atoms with Crippen molar-refractivity contribution in [3.63, 3.8) is 0 Å². The molecule has 1 atom stereocenters. The lowest BCUT2D eigenvalue weighted by Crippen LogP contribution is -2.61. The van der Waals surface area contributed by atoms with Crippen molar-refractivity contribution in [2.75, 3.05) is 38.3 Å². The summed E-state index contributed by atoms with van der Waals surface area (Å²) in [6.07, 6.45) is 2.42. The molecule has 2 saturated heterocycles. The van der Waals surface area contributed by atoms with Gasteiger partial charge in [0.15, 0.2) is 5.60 Å². The molecule has 2 fully saturated rings. The summed E-state index contributed by atoms with van der Waals surface area (Å²) in [7, 11) is 1.58. The molecule has 0 radical (unpaired) electrons. The van der Waals surface area contributed by atoms with Crippen LogP contribution in [0.15, 0.2) is 54.6 Å². The lowest BCUT2D eigenvalue weighted by molar-refractivity contribution is -0.155. The van der Waals surface area contributed by atoms with E-state index in [0.717, 1.165) is 18.5 Å². The molecule has 0 saturated carbocycles. The summed E-state index contributed by atoms with van der Waals surface area (Å²) in [4.78, 5) is 30.3. The first-order valence-corrected chi connectivity index (χ1v) is 10.1. The number of amides is 2. The molecular formula is C23H26N2O4. The molecule has 0 bridgehead atoms. The fourth-order valence-corrected chi connectivity index (χ4v) is 4.17. The van der Waals surface area contributed by atoms with Crippen molar-refractivity contribution in [1.82, 2.24) is 4.90 Å². The molecule has 2 aliphatic rings. The summed E-state index contributed by atoms with van der Waals surface area (Å²) in [5.41, 5.74) is 0.445. The standard InChI is InChI=1S/C23H26N2O4/c1-28-20-11-7-8-18(16-20)21(26)24-14-15-29-23(17-24)12-5-6-13-25(22(23)27)19-9-3-2-4-10-19/h2-4,7-11,16H,5-6,12-15,17H2,1H3. The highest BCUT2D eigenvalue weighted by atomic mass is 16.5. The molecule has 6 heteroatoms. The van der Waals surface area contributed by atoms with Crippen LogP contribution in [0.4, 0.5) is 5.69 Å². The molecule has 0 aliphatic carbocycles. The van der Waals surface area contributed by atoms with Gasteiger partial charge in [0, 0.05) is 24.3 Å². The van der Waals surface area contributed by atoms with Gasteiger partial charge < -0.3 is 19.3 Å². The second-order valence-corrected chi connectivity index (χ2v) is 7.55. The first-order chi connectivity index (χ1) is 14.1. The van der Waals surface area contributed by atoms with Gasteiger partial charge in [-0.1, -0.05) is 24.3 Å². The molecule has 152 valence electrons. The highest BCUT2D eigenvalue weighted by molar-refractivity contribution is 6.01. The van der Waals surface area contributed by atoms with Gasteiger partial charge in [0.1, 0.15) is 5.75 Å². The largest absolute Gasteiger partial charge is 0.497 e. The Kier molecular flexibility index (Phi) is 5.53. The fraction of sp³-hybridized carbons (Fsp3) is 0.391. The zero-order chi connectivity index (χ0) is 20.3. The number of nitrogens with zero attached hydrogens (tertiary/aromatic N) is 2. The minimum Gasteiger partial charge on any atom is -0.497 e. The summed E-state index contributed by atoms with van der Waals surface area (Å²) in [5, 5.41) is 0. The number of para-hydroxylation sites is 1. The number of anilines is 1. The Morgan fingerprint density at radius 1 is 1.07 bits per heavy atom. The number of hydrogen-bond acceptors (Lipinski definition) is 4. The van der Waals surface area contributed by atoms with Crippen LogP contribution in [0.2, 0.25) is 0 Å². The van der Waals surface area contributed by atoms with E-state index in [0.29, 0.717) is 37.4 Å². The Labute approximate surface area is 171 Å². The molecule has 4 rings (SSSR count). The van der Waals surface area contributed by atoms with E-state index in [4.69, 9.17) is 9.47 Å². The maximum absolute atomic E-state index is 13.6. The monoisotopic (exact) mass is 394 g/mol. The van der Waals surface area contributed by atoms with Crippen LogP contribution in [-0.2, 0) is 9.53 Å². The van der Waals surface area contributed by atoms with E-state index < -0.39 is 5.60 Å². The van der Waals surface area contributed by atoms with E-state index in [2.05, 4.69) is 0 Å². The summed E-state index contributed by atoms with van der Waals surface area (Å²) in [5.74, 6) is 0.485. The summed E-state index contributed by atoms with van der Waals surface area (Å²) < 4.78 is 11.3. The highest BCUT2D eigenvalue weighted by Gasteiger charge is 2.48. The third-order valence-electron chi connectivity index (χ3n) is 5.70. The van der Waals surface area contributed by atoms with Crippen molar-refractivity contribution in [3.05, 3.63) is 60.2 Å². The molecular weight excluding hydrogens is 368 g/mol. The van der Waals surface area contributed by atoms with Gasteiger partial charge in [0.25, 0.3) is 11.8 Å². The number of hydrogen-bond donors (Lipinski definition) is 0. The number of methoxy groups -OCH3 is 1. The van der Waals surface area contributed by atoms with Crippen LogP contribution >= 0.6 is 0 Å². The van der Waals surface area contributed by atoms with Crippen molar-refractivity contribution in [3.8, 4) is 5.75 Å². The molecule has 2 aromatic rings. The van der Waals surface area contributed by atoms with Crippen molar-refractivity contribution in [2.24, 2.45) is 0 Å². The van der Waals surface area contributed by atoms with E-state index >= 15 is 0 Å². The Hall–Kier alpha value is -2.86. The Balaban J connectivity index is 1.59. The summed E-state index contributed by atoms with van der Waals surface area (Å²) in [6.45, 7) is 1.75. The molecule has 29 heavy (non-hydrogen) atoms. The van der Waals surface area contributed by atoms with E-state index in [1.54, 1.807) is 30.2 Å². The maximum atomic E-state index is 13.6. The third-order valence-corrected chi connectivity index (χ3v) is 5.70. The average Bonchev–Trinajstić information content (AvgIpc) is 2.93. The lowest BCUT2D eigenvalue weighted by Gasteiger charge is -2.42. The van der Waals surface area contributed by atoms with E-state index in [1.165, 1.54) is 0 Å². The van der Waals surface area contributed by atoms with Gasteiger partial charge >= 0.3 is 0 Å². The number of morpholine rings is 1. The number of carbonyl (C=O) groups excluding carboxylic acids is 2. The first kappa shape index (κ1) is 19.5. The topological polar surface area (TPSA) is 59.1 Å². The highest BCUT2D eigenvalue weighted by Crippen LogP contribution is 2.33. The SMILES string of the molecule is COc1cccc(C(=O)N2CCOC3(CCCCN(c4ccccc4)C3=O)C2)c1. The van der Waals surface area contributed by atoms with Crippen LogP contribution in [0, 0.1) is 0 Å². The molecule has 2 aliphatic heterocycles.